The number of aryl methyl sites for hydroxylation is 1. The average Bonchev–Trinajstić information content (AvgIpc) is 2.38. The van der Waals surface area contributed by atoms with Gasteiger partial charge >= 0.3 is 0 Å². The van der Waals surface area contributed by atoms with Crippen molar-refractivity contribution in [3.63, 3.8) is 0 Å². The molecule has 1 fully saturated rings. The highest BCUT2D eigenvalue weighted by Crippen LogP contribution is 2.22. The lowest BCUT2D eigenvalue weighted by molar-refractivity contribution is -0.145. The summed E-state index contributed by atoms with van der Waals surface area (Å²) in [6.45, 7) is 6.32. The molecule has 21 heavy (non-hydrogen) atoms. The number of nitrogens with two attached hydrogens (primary N) is 1. The minimum absolute atomic E-state index is 0.204. The van der Waals surface area contributed by atoms with Crippen LogP contribution in [-0.2, 0) is 16.1 Å². The molecule has 1 aliphatic rings. The monoisotopic (exact) mass is 305 g/mol. The van der Waals surface area contributed by atoms with Gasteiger partial charge in [-0.25, -0.2) is 0 Å². The number of carbonyl (C=O) groups excluding carboxylic acids is 2. The molecule has 2 rings (SSSR count). The fraction of sp³-hybridized carbons (Fsp3) is 0.400. The van der Waals surface area contributed by atoms with E-state index >= 15 is 0 Å². The molecular formula is C15H19N3O2S. The number of nitrogens with zero attached hydrogens (tertiary/aromatic N) is 1. The van der Waals surface area contributed by atoms with Gasteiger partial charge in [0.25, 0.3) is 0 Å². The molecule has 2 amide bonds. The van der Waals surface area contributed by atoms with Crippen molar-refractivity contribution in [1.82, 2.24) is 10.2 Å². The minimum atomic E-state index is -0.720. The van der Waals surface area contributed by atoms with Crippen molar-refractivity contribution in [1.29, 1.82) is 0 Å². The Morgan fingerprint density at radius 2 is 2.10 bits per heavy atom. The third kappa shape index (κ3) is 3.11. The third-order valence-corrected chi connectivity index (χ3v) is 4.16. The van der Waals surface area contributed by atoms with Crippen molar-refractivity contribution < 1.29 is 9.59 Å². The maximum absolute atomic E-state index is 11.9. The van der Waals surface area contributed by atoms with Gasteiger partial charge in [0.05, 0.1) is 12.1 Å². The van der Waals surface area contributed by atoms with E-state index < -0.39 is 5.54 Å². The summed E-state index contributed by atoms with van der Waals surface area (Å²) in [5, 5.41) is 2.37. The second kappa shape index (κ2) is 5.54. The summed E-state index contributed by atoms with van der Waals surface area (Å²) in [5.74, 6) is -0.534. The Bertz CT molecular complexity index is 625. The van der Waals surface area contributed by atoms with Crippen molar-refractivity contribution in [2.45, 2.75) is 32.9 Å². The van der Waals surface area contributed by atoms with E-state index in [1.54, 1.807) is 0 Å². The maximum atomic E-state index is 11.9. The van der Waals surface area contributed by atoms with E-state index in [1.807, 2.05) is 43.9 Å². The molecule has 3 N–H and O–H groups in total. The van der Waals surface area contributed by atoms with Crippen LogP contribution in [0.4, 0.5) is 0 Å². The van der Waals surface area contributed by atoms with Crippen LogP contribution in [0.5, 0.6) is 0 Å². The smallest absolute Gasteiger partial charge is 0.246 e. The van der Waals surface area contributed by atoms with Crippen LogP contribution in [0.15, 0.2) is 18.2 Å². The lowest BCUT2D eigenvalue weighted by Gasteiger charge is -2.40. The van der Waals surface area contributed by atoms with Gasteiger partial charge in [0.2, 0.25) is 11.8 Å². The Balaban J connectivity index is 2.26. The second-order valence-corrected chi connectivity index (χ2v) is 6.24. The molecule has 0 aromatic heterocycles. The molecule has 1 aromatic carbocycles. The molecule has 1 heterocycles. The normalized spacial score (nSPS) is 18.4. The highest BCUT2D eigenvalue weighted by atomic mass is 32.1. The number of hydrogen-bond donors (Lipinski definition) is 2. The molecule has 6 heteroatoms. The lowest BCUT2D eigenvalue weighted by Crippen LogP contribution is -2.63. The molecule has 0 bridgehead atoms. The maximum Gasteiger partial charge on any atom is 0.246 e. The quantitative estimate of drug-likeness (QED) is 0.640. The molecule has 0 aliphatic carbocycles. The molecule has 5 nitrogen and oxygen atoms in total. The van der Waals surface area contributed by atoms with Crippen LogP contribution in [0.25, 0.3) is 0 Å². The standard InChI is InChI=1S/C15H19N3O2S/c1-9-6-10(13(16)21)4-5-11(9)7-18-8-12(19)17-14(20)15(18,2)3/h4-6H,7-8H2,1-3H3,(H2,16,21)(H,17,19,20). The predicted octanol–water partition coefficient (Wildman–Crippen LogP) is 0.866. The van der Waals surface area contributed by atoms with E-state index in [0.717, 1.165) is 16.7 Å². The number of thiocarbonyl (C=S) groups is 1. The molecule has 0 atom stereocenters. The number of piperazine rings is 1. The first-order chi connectivity index (χ1) is 9.71. The largest absolute Gasteiger partial charge is 0.389 e. The van der Waals surface area contributed by atoms with Gasteiger partial charge in [-0.3, -0.25) is 19.8 Å². The van der Waals surface area contributed by atoms with E-state index in [2.05, 4.69) is 5.32 Å². The van der Waals surface area contributed by atoms with Crippen LogP contribution in [0, 0.1) is 6.92 Å². The topological polar surface area (TPSA) is 75.4 Å². The van der Waals surface area contributed by atoms with Gasteiger partial charge < -0.3 is 5.73 Å². The Hall–Kier alpha value is -1.79. The molecule has 1 saturated heterocycles. The summed E-state index contributed by atoms with van der Waals surface area (Å²) in [6, 6.07) is 5.73. The van der Waals surface area contributed by atoms with Crippen LogP contribution < -0.4 is 11.1 Å². The summed E-state index contributed by atoms with van der Waals surface area (Å²) in [5.41, 5.74) is 7.80. The Morgan fingerprint density at radius 1 is 1.43 bits per heavy atom. The first kappa shape index (κ1) is 15.6. The summed E-state index contributed by atoms with van der Waals surface area (Å²) in [6.07, 6.45) is 0. The van der Waals surface area contributed by atoms with Crippen LogP contribution >= 0.6 is 12.2 Å². The Morgan fingerprint density at radius 3 is 2.67 bits per heavy atom. The van der Waals surface area contributed by atoms with Gasteiger partial charge in [-0.2, -0.15) is 0 Å². The minimum Gasteiger partial charge on any atom is -0.389 e. The van der Waals surface area contributed by atoms with Crippen LogP contribution in [-0.4, -0.2) is 33.8 Å². The van der Waals surface area contributed by atoms with Crippen molar-refractivity contribution >= 4 is 29.0 Å². The van der Waals surface area contributed by atoms with E-state index in [1.165, 1.54) is 0 Å². The number of rotatable bonds is 3. The second-order valence-electron chi connectivity index (χ2n) is 5.80. The molecule has 0 unspecified atom stereocenters. The van der Waals surface area contributed by atoms with Gasteiger partial charge in [0.1, 0.15) is 4.99 Å². The van der Waals surface area contributed by atoms with Crippen LogP contribution in [0.2, 0.25) is 0 Å². The predicted molar refractivity (Wildman–Crippen MR) is 84.7 cm³/mol. The molecule has 0 saturated carbocycles. The Kier molecular flexibility index (Phi) is 4.11. The lowest BCUT2D eigenvalue weighted by atomic mass is 9.96. The summed E-state index contributed by atoms with van der Waals surface area (Å²) >= 11 is 4.96. The zero-order chi connectivity index (χ0) is 15.8. The highest BCUT2D eigenvalue weighted by Gasteiger charge is 2.40. The zero-order valence-corrected chi connectivity index (χ0v) is 13.2. The van der Waals surface area contributed by atoms with Crippen molar-refractivity contribution in [3.8, 4) is 0 Å². The number of nitrogens with one attached hydrogen (secondary N) is 1. The number of imide groups is 1. The van der Waals surface area contributed by atoms with Crippen molar-refractivity contribution in [3.05, 3.63) is 34.9 Å². The first-order valence-electron chi connectivity index (χ1n) is 6.70. The van der Waals surface area contributed by atoms with E-state index in [0.29, 0.717) is 11.5 Å². The van der Waals surface area contributed by atoms with E-state index in [4.69, 9.17) is 18.0 Å². The first-order valence-corrected chi connectivity index (χ1v) is 7.11. The number of amides is 2. The molecule has 1 aromatic rings. The summed E-state index contributed by atoms with van der Waals surface area (Å²) < 4.78 is 0. The number of hydrogen-bond acceptors (Lipinski definition) is 4. The van der Waals surface area contributed by atoms with Crippen LogP contribution in [0.3, 0.4) is 0 Å². The average molecular weight is 305 g/mol. The fourth-order valence-electron chi connectivity index (χ4n) is 2.32. The number of carbonyl (C=O) groups is 2. The van der Waals surface area contributed by atoms with Crippen molar-refractivity contribution in [2.75, 3.05) is 6.54 Å². The van der Waals surface area contributed by atoms with Gasteiger partial charge in [-0.1, -0.05) is 24.4 Å². The van der Waals surface area contributed by atoms with Gasteiger partial charge in [0.15, 0.2) is 0 Å². The number of benzene rings is 1. The molecule has 0 radical (unpaired) electrons. The van der Waals surface area contributed by atoms with Gasteiger partial charge in [-0.05, 0) is 38.0 Å². The zero-order valence-electron chi connectivity index (χ0n) is 12.4. The fourth-order valence-corrected chi connectivity index (χ4v) is 2.45. The molecule has 112 valence electrons. The Labute approximate surface area is 129 Å². The summed E-state index contributed by atoms with van der Waals surface area (Å²) in [4.78, 5) is 25.8. The molecular weight excluding hydrogens is 286 g/mol. The highest BCUT2D eigenvalue weighted by molar-refractivity contribution is 7.80. The van der Waals surface area contributed by atoms with Gasteiger partial charge in [0, 0.05) is 12.1 Å². The van der Waals surface area contributed by atoms with Crippen molar-refractivity contribution in [2.24, 2.45) is 5.73 Å². The third-order valence-electron chi connectivity index (χ3n) is 3.92. The molecule has 0 spiro atoms. The molecule has 1 aliphatic heterocycles. The van der Waals surface area contributed by atoms with Crippen LogP contribution in [0.1, 0.15) is 30.5 Å². The van der Waals surface area contributed by atoms with Gasteiger partial charge in [-0.15, -0.1) is 0 Å². The summed E-state index contributed by atoms with van der Waals surface area (Å²) in [7, 11) is 0. The van der Waals surface area contributed by atoms with E-state index in [-0.39, 0.29) is 18.4 Å². The SMILES string of the molecule is Cc1cc(C(N)=S)ccc1CN1CC(=O)NC(=O)C1(C)C. The van der Waals surface area contributed by atoms with E-state index in [9.17, 15) is 9.59 Å².